The first-order valence-electron chi connectivity index (χ1n) is 17.2. The van der Waals surface area contributed by atoms with Crippen LogP contribution in [0.5, 0.6) is 28.7 Å². The Balaban J connectivity index is 1.16. The van der Waals surface area contributed by atoms with Gasteiger partial charge in [-0.25, -0.2) is 0 Å². The molecular weight excluding hydrogens is 751 g/mol. The maximum atomic E-state index is 11.8. The van der Waals surface area contributed by atoms with Gasteiger partial charge in [0.15, 0.2) is 17.8 Å². The standard InChI is InChI=1S/C44H34Cl2N4O6/c1-27-33(25-55-41-14-40(35(22-51)12-38(41)45)53-23-31-10-29(16-47)18-49-20-31)6-4-8-36(27)37-9-5-7-34(28(37)2)26-56-42-15-44(43(52-3)13-39(42)46)54-24-32-11-30(17-48)19-50-21-32/h4-15,18-22H,23-26H2,1-3H3. The van der Waals surface area contributed by atoms with Gasteiger partial charge in [-0.3, -0.25) is 14.8 Å². The number of benzene rings is 4. The molecule has 2 heterocycles. The van der Waals surface area contributed by atoms with Crippen molar-refractivity contribution in [3.8, 4) is 52.0 Å². The quantitative estimate of drug-likeness (QED) is 0.0926. The highest BCUT2D eigenvalue weighted by molar-refractivity contribution is 6.32. The van der Waals surface area contributed by atoms with Crippen molar-refractivity contribution in [2.45, 2.75) is 40.3 Å². The molecule has 0 unspecified atom stereocenters. The fraction of sp³-hybridized carbons (Fsp3) is 0.159. The number of aromatic nitrogens is 2. The molecule has 6 aromatic rings. The van der Waals surface area contributed by atoms with E-state index in [1.54, 1.807) is 42.7 Å². The summed E-state index contributed by atoms with van der Waals surface area (Å²) >= 11 is 13.1. The number of rotatable bonds is 15. The number of hydrogen-bond acceptors (Lipinski definition) is 10. The molecule has 0 bridgehead atoms. The Hall–Kier alpha value is -6.59. The monoisotopic (exact) mass is 784 g/mol. The van der Waals surface area contributed by atoms with E-state index in [1.165, 1.54) is 25.6 Å². The third-order valence-electron chi connectivity index (χ3n) is 8.99. The van der Waals surface area contributed by atoms with Gasteiger partial charge in [-0.1, -0.05) is 59.6 Å². The van der Waals surface area contributed by atoms with Crippen molar-refractivity contribution in [3.05, 3.63) is 158 Å². The molecule has 0 spiro atoms. The van der Waals surface area contributed by atoms with Gasteiger partial charge in [-0.05, 0) is 65.4 Å². The topological polar surface area (TPSA) is 137 Å². The fourth-order valence-electron chi connectivity index (χ4n) is 5.93. The summed E-state index contributed by atoms with van der Waals surface area (Å²) < 4.78 is 29.9. The lowest BCUT2D eigenvalue weighted by molar-refractivity contribution is 0.111. The van der Waals surface area contributed by atoms with E-state index in [2.05, 4.69) is 34.2 Å². The van der Waals surface area contributed by atoms with Crippen molar-refractivity contribution >= 4 is 29.5 Å². The van der Waals surface area contributed by atoms with Gasteiger partial charge < -0.3 is 23.7 Å². The predicted molar refractivity (Wildman–Crippen MR) is 211 cm³/mol. The van der Waals surface area contributed by atoms with E-state index < -0.39 is 0 Å². The Morgan fingerprint density at radius 2 is 1.09 bits per heavy atom. The summed E-state index contributed by atoms with van der Waals surface area (Å²) in [7, 11) is 1.53. The van der Waals surface area contributed by atoms with E-state index >= 15 is 0 Å². The minimum Gasteiger partial charge on any atom is -0.493 e. The van der Waals surface area contributed by atoms with Crippen LogP contribution in [0.2, 0.25) is 10.0 Å². The Labute approximate surface area is 334 Å². The second-order valence-corrected chi connectivity index (χ2v) is 13.4. The first-order valence-corrected chi connectivity index (χ1v) is 18.0. The molecule has 0 atom stereocenters. The fourth-order valence-corrected chi connectivity index (χ4v) is 6.36. The highest BCUT2D eigenvalue weighted by Crippen LogP contribution is 2.39. The van der Waals surface area contributed by atoms with E-state index in [1.807, 2.05) is 38.1 Å². The molecule has 12 heteroatoms. The van der Waals surface area contributed by atoms with Crippen molar-refractivity contribution in [1.82, 2.24) is 9.97 Å². The van der Waals surface area contributed by atoms with Crippen LogP contribution < -0.4 is 23.7 Å². The molecule has 0 aliphatic heterocycles. The molecular formula is C44H34Cl2N4O6. The van der Waals surface area contributed by atoms with Crippen LogP contribution in [0.25, 0.3) is 11.1 Å². The van der Waals surface area contributed by atoms with Crippen molar-refractivity contribution < 1.29 is 28.5 Å². The van der Waals surface area contributed by atoms with Gasteiger partial charge >= 0.3 is 0 Å². The van der Waals surface area contributed by atoms with Gasteiger partial charge in [0, 0.05) is 54.1 Å². The van der Waals surface area contributed by atoms with Gasteiger partial charge in [-0.15, -0.1) is 0 Å². The van der Waals surface area contributed by atoms with Gasteiger partial charge in [0.25, 0.3) is 0 Å². The molecule has 0 saturated carbocycles. The number of carbonyl (C=O) groups is 1. The van der Waals surface area contributed by atoms with Gasteiger partial charge in [0.2, 0.25) is 0 Å². The number of nitrogens with zero attached hydrogens (tertiary/aromatic N) is 4. The molecule has 4 aromatic carbocycles. The normalized spacial score (nSPS) is 10.6. The number of ether oxygens (including phenoxy) is 5. The molecule has 0 fully saturated rings. The molecule has 0 saturated heterocycles. The van der Waals surface area contributed by atoms with Crippen LogP contribution in [-0.4, -0.2) is 23.4 Å². The maximum Gasteiger partial charge on any atom is 0.165 e. The van der Waals surface area contributed by atoms with E-state index in [9.17, 15) is 15.3 Å². The summed E-state index contributed by atoms with van der Waals surface area (Å²) in [5, 5.41) is 19.0. The summed E-state index contributed by atoms with van der Waals surface area (Å²) in [6.07, 6.45) is 6.85. The second kappa shape index (κ2) is 18.2. The average molecular weight is 786 g/mol. The van der Waals surface area contributed by atoms with Crippen LogP contribution in [0.15, 0.2) is 97.6 Å². The van der Waals surface area contributed by atoms with Crippen LogP contribution in [0.3, 0.4) is 0 Å². The minimum atomic E-state index is 0.0934. The summed E-state index contributed by atoms with van der Waals surface area (Å²) in [5.74, 6) is 1.94. The molecule has 0 aliphatic carbocycles. The smallest absolute Gasteiger partial charge is 0.165 e. The lowest BCUT2D eigenvalue weighted by Crippen LogP contribution is -2.04. The summed E-state index contributed by atoms with van der Waals surface area (Å²) in [5.41, 5.74) is 8.52. The maximum absolute atomic E-state index is 11.8. The summed E-state index contributed by atoms with van der Waals surface area (Å²) in [6.45, 7) is 4.79. The zero-order valence-corrected chi connectivity index (χ0v) is 32.1. The SMILES string of the molecule is COc1cc(Cl)c(OCc2cccc(-c3cccc(COc4cc(OCc5cncc(C#N)c5)c(C=O)cc4Cl)c3C)c2C)cc1OCc1cncc(C#N)c1. The number of halogens is 2. The predicted octanol–water partition coefficient (Wildman–Crippen LogP) is 9.95. The number of nitriles is 2. The molecule has 0 N–H and O–H groups in total. The lowest BCUT2D eigenvalue weighted by Gasteiger charge is -2.18. The Morgan fingerprint density at radius 1 is 0.607 bits per heavy atom. The number of carbonyl (C=O) groups excluding carboxylic acids is 1. The van der Waals surface area contributed by atoms with Gasteiger partial charge in [0.1, 0.15) is 55.8 Å². The molecule has 0 radical (unpaired) electrons. The van der Waals surface area contributed by atoms with E-state index in [0.29, 0.717) is 56.7 Å². The first kappa shape index (κ1) is 39.1. The third-order valence-corrected chi connectivity index (χ3v) is 9.59. The first-order chi connectivity index (χ1) is 27.2. The van der Waals surface area contributed by atoms with E-state index in [-0.39, 0.29) is 37.0 Å². The molecule has 0 amide bonds. The second-order valence-electron chi connectivity index (χ2n) is 12.6. The minimum absolute atomic E-state index is 0.0934. The van der Waals surface area contributed by atoms with E-state index in [0.717, 1.165) is 38.9 Å². The van der Waals surface area contributed by atoms with Crippen LogP contribution in [0, 0.1) is 36.5 Å². The molecule has 0 aliphatic rings. The molecule has 280 valence electrons. The van der Waals surface area contributed by atoms with Crippen LogP contribution in [0.1, 0.15) is 54.9 Å². The summed E-state index contributed by atoms with van der Waals surface area (Å²) in [6, 6.07) is 26.0. The number of pyridine rings is 2. The zero-order valence-electron chi connectivity index (χ0n) is 30.6. The van der Waals surface area contributed by atoms with E-state index in [4.69, 9.17) is 46.9 Å². The average Bonchev–Trinajstić information content (AvgIpc) is 3.22. The number of aldehydes is 1. The van der Waals surface area contributed by atoms with Crippen LogP contribution in [0.4, 0.5) is 0 Å². The third kappa shape index (κ3) is 9.19. The Bertz CT molecular complexity index is 2490. The Kier molecular flexibility index (Phi) is 12.7. The Morgan fingerprint density at radius 3 is 1.59 bits per heavy atom. The van der Waals surface area contributed by atoms with Crippen molar-refractivity contribution in [1.29, 1.82) is 10.5 Å². The van der Waals surface area contributed by atoms with Crippen LogP contribution in [-0.2, 0) is 26.4 Å². The molecule has 6 rings (SSSR count). The van der Waals surface area contributed by atoms with Crippen molar-refractivity contribution in [2.75, 3.05) is 7.11 Å². The highest BCUT2D eigenvalue weighted by atomic mass is 35.5. The number of hydrogen-bond donors (Lipinski definition) is 0. The molecule has 10 nitrogen and oxygen atoms in total. The summed E-state index contributed by atoms with van der Waals surface area (Å²) in [4.78, 5) is 20.0. The largest absolute Gasteiger partial charge is 0.493 e. The zero-order chi connectivity index (χ0) is 39.6. The van der Waals surface area contributed by atoms with Gasteiger partial charge in [0.05, 0.1) is 33.8 Å². The molecule has 56 heavy (non-hydrogen) atoms. The van der Waals surface area contributed by atoms with Crippen LogP contribution >= 0.6 is 23.2 Å². The van der Waals surface area contributed by atoms with Crippen molar-refractivity contribution in [2.24, 2.45) is 0 Å². The highest BCUT2D eigenvalue weighted by Gasteiger charge is 2.17. The molecule has 2 aromatic heterocycles. The van der Waals surface area contributed by atoms with Gasteiger partial charge in [-0.2, -0.15) is 10.5 Å². The number of methoxy groups -OCH3 is 1. The lowest BCUT2D eigenvalue weighted by atomic mass is 9.92. The van der Waals surface area contributed by atoms with Crippen molar-refractivity contribution in [3.63, 3.8) is 0 Å².